The third-order valence-corrected chi connectivity index (χ3v) is 2.25. The fourth-order valence-electron chi connectivity index (χ4n) is 0.812. The molecular formula is C8H4F3IO. The van der Waals surface area contributed by atoms with Crippen LogP contribution in [0.25, 0.3) is 0 Å². The predicted molar refractivity (Wildman–Crippen MR) is 49.5 cm³/mol. The average molecular weight is 300 g/mol. The van der Waals surface area contributed by atoms with Crippen molar-refractivity contribution in [3.8, 4) is 0 Å². The highest BCUT2D eigenvalue weighted by Crippen LogP contribution is 2.17. The van der Waals surface area contributed by atoms with Gasteiger partial charge in [0.1, 0.15) is 5.82 Å². The summed E-state index contributed by atoms with van der Waals surface area (Å²) in [5, 5.41) is 0. The number of hydrogen-bond acceptors (Lipinski definition) is 1. The van der Waals surface area contributed by atoms with Gasteiger partial charge in [-0.15, -0.1) is 0 Å². The molecule has 5 heteroatoms. The summed E-state index contributed by atoms with van der Waals surface area (Å²) >= 11 is 1.63. The largest absolute Gasteiger partial charge is 0.300 e. The summed E-state index contributed by atoms with van der Waals surface area (Å²) in [6.45, 7) is 0. The van der Waals surface area contributed by atoms with Gasteiger partial charge >= 0.3 is 6.43 Å². The van der Waals surface area contributed by atoms with Gasteiger partial charge in [-0.05, 0) is 34.7 Å². The Morgan fingerprint density at radius 3 is 2.54 bits per heavy atom. The highest BCUT2D eigenvalue weighted by atomic mass is 127. The second-order valence-electron chi connectivity index (χ2n) is 2.27. The van der Waals surface area contributed by atoms with Crippen LogP contribution in [-0.4, -0.2) is 12.2 Å². The summed E-state index contributed by atoms with van der Waals surface area (Å²) < 4.78 is 37.0. The van der Waals surface area contributed by atoms with E-state index in [0.29, 0.717) is 0 Å². The van der Waals surface area contributed by atoms with Gasteiger partial charge in [0.15, 0.2) is 0 Å². The Bertz CT molecular complexity index is 338. The Morgan fingerprint density at radius 1 is 1.38 bits per heavy atom. The zero-order valence-corrected chi connectivity index (χ0v) is 8.39. The highest BCUT2D eigenvalue weighted by molar-refractivity contribution is 14.1. The molecule has 0 N–H and O–H groups in total. The molecule has 0 aliphatic heterocycles. The van der Waals surface area contributed by atoms with Gasteiger partial charge in [-0.25, -0.2) is 13.2 Å². The summed E-state index contributed by atoms with van der Waals surface area (Å²) in [7, 11) is 0. The zero-order chi connectivity index (χ0) is 10.0. The number of alkyl halides is 2. The smallest absolute Gasteiger partial charge is 0.288 e. The lowest BCUT2D eigenvalue weighted by Crippen LogP contribution is -2.12. The summed E-state index contributed by atoms with van der Waals surface area (Å²) in [6, 6.07) is 3.81. The van der Waals surface area contributed by atoms with Crippen LogP contribution in [0.1, 0.15) is 10.4 Å². The van der Waals surface area contributed by atoms with Gasteiger partial charge in [0.25, 0.3) is 0 Å². The maximum atomic E-state index is 13.1. The first-order valence-corrected chi connectivity index (χ1v) is 4.38. The van der Waals surface area contributed by atoms with Crippen LogP contribution >= 0.6 is 22.6 Å². The van der Waals surface area contributed by atoms with Crippen molar-refractivity contribution in [1.29, 1.82) is 0 Å². The molecule has 0 radical (unpaired) electrons. The van der Waals surface area contributed by atoms with E-state index in [2.05, 4.69) is 0 Å². The van der Waals surface area contributed by atoms with Gasteiger partial charge in [-0.3, -0.25) is 4.79 Å². The Hall–Kier alpha value is -0.590. The first-order valence-electron chi connectivity index (χ1n) is 3.30. The number of carbonyl (C=O) groups is 1. The van der Waals surface area contributed by atoms with Crippen LogP contribution in [0.5, 0.6) is 0 Å². The predicted octanol–water partition coefficient (Wildman–Crippen LogP) is 2.88. The molecule has 0 saturated carbocycles. The summed E-state index contributed by atoms with van der Waals surface area (Å²) in [4.78, 5) is 10.7. The van der Waals surface area contributed by atoms with Gasteiger partial charge in [0.05, 0.1) is 5.56 Å². The van der Waals surface area contributed by atoms with Gasteiger partial charge in [-0.2, -0.15) is 0 Å². The van der Waals surface area contributed by atoms with E-state index in [0.717, 1.165) is 6.07 Å². The molecule has 0 heterocycles. The molecule has 0 unspecified atom stereocenters. The third kappa shape index (κ3) is 2.20. The summed E-state index contributed by atoms with van der Waals surface area (Å²) in [5.41, 5.74) is -0.554. The van der Waals surface area contributed by atoms with Crippen molar-refractivity contribution >= 4 is 28.4 Å². The van der Waals surface area contributed by atoms with Gasteiger partial charge in [0.2, 0.25) is 5.78 Å². The van der Waals surface area contributed by atoms with Crippen LogP contribution < -0.4 is 0 Å². The lowest BCUT2D eigenvalue weighted by molar-refractivity contribution is 0.0674. The summed E-state index contributed by atoms with van der Waals surface area (Å²) in [5.74, 6) is -2.36. The third-order valence-electron chi connectivity index (χ3n) is 1.42. The van der Waals surface area contributed by atoms with E-state index < -0.39 is 23.6 Å². The lowest BCUT2D eigenvalue weighted by atomic mass is 10.1. The lowest BCUT2D eigenvalue weighted by Gasteiger charge is -2.01. The molecule has 13 heavy (non-hydrogen) atoms. The second kappa shape index (κ2) is 4.08. The minimum Gasteiger partial charge on any atom is -0.288 e. The van der Waals surface area contributed by atoms with Crippen LogP contribution in [0, 0.1) is 9.39 Å². The van der Waals surface area contributed by atoms with E-state index in [1.54, 1.807) is 22.6 Å². The monoisotopic (exact) mass is 300 g/mol. The van der Waals surface area contributed by atoms with E-state index in [1.807, 2.05) is 0 Å². The molecule has 0 aliphatic carbocycles. The van der Waals surface area contributed by atoms with E-state index in [1.165, 1.54) is 12.1 Å². The average Bonchev–Trinajstić information content (AvgIpc) is 2.08. The normalized spacial score (nSPS) is 10.5. The van der Waals surface area contributed by atoms with Crippen LogP contribution in [-0.2, 0) is 0 Å². The van der Waals surface area contributed by atoms with Crippen LogP contribution in [0.3, 0.4) is 0 Å². The van der Waals surface area contributed by atoms with Crippen molar-refractivity contribution in [2.24, 2.45) is 0 Å². The molecule has 0 fully saturated rings. The Morgan fingerprint density at radius 2 is 2.00 bits per heavy atom. The maximum absolute atomic E-state index is 13.1. The highest BCUT2D eigenvalue weighted by Gasteiger charge is 2.21. The van der Waals surface area contributed by atoms with E-state index in [-0.39, 0.29) is 3.57 Å². The minimum absolute atomic E-state index is 0.157. The second-order valence-corrected chi connectivity index (χ2v) is 3.43. The van der Waals surface area contributed by atoms with Gasteiger partial charge in [0, 0.05) is 3.57 Å². The molecule has 1 aromatic rings. The Balaban J connectivity index is 3.15. The van der Waals surface area contributed by atoms with Crippen LogP contribution in [0.4, 0.5) is 13.2 Å². The molecule has 0 saturated heterocycles. The zero-order valence-electron chi connectivity index (χ0n) is 6.23. The fourth-order valence-corrected chi connectivity index (χ4v) is 1.31. The Labute approximate surface area is 86.1 Å². The van der Waals surface area contributed by atoms with E-state index >= 15 is 0 Å². The molecule has 1 rings (SSSR count). The van der Waals surface area contributed by atoms with Gasteiger partial charge in [-0.1, -0.05) is 6.07 Å². The SMILES string of the molecule is O=C(c1cccc(I)c1F)C(F)F. The first kappa shape index (κ1) is 10.5. The summed E-state index contributed by atoms with van der Waals surface area (Å²) in [6.07, 6.45) is -3.16. The molecule has 0 aliphatic rings. The maximum Gasteiger partial charge on any atom is 0.300 e. The molecule has 0 aromatic heterocycles. The van der Waals surface area contributed by atoms with Gasteiger partial charge < -0.3 is 0 Å². The molecule has 1 nitrogen and oxygen atoms in total. The Kier molecular flexibility index (Phi) is 3.29. The molecule has 0 bridgehead atoms. The standard InChI is InChI=1S/C8H4F3IO/c9-6-4(7(13)8(10)11)2-1-3-5(6)12/h1-3,8H. The minimum atomic E-state index is -3.16. The molecule has 0 amide bonds. The molecule has 1 aromatic carbocycles. The van der Waals surface area contributed by atoms with Crippen molar-refractivity contribution in [2.75, 3.05) is 0 Å². The van der Waals surface area contributed by atoms with Crippen molar-refractivity contribution < 1.29 is 18.0 Å². The number of benzene rings is 1. The number of Topliss-reactive ketones (excluding diaryl/α,β-unsaturated/α-hetero) is 1. The number of rotatable bonds is 2. The van der Waals surface area contributed by atoms with Crippen molar-refractivity contribution in [3.05, 3.63) is 33.1 Å². The molecule has 0 atom stereocenters. The van der Waals surface area contributed by atoms with E-state index in [4.69, 9.17) is 0 Å². The number of carbonyl (C=O) groups excluding carboxylic acids is 1. The fraction of sp³-hybridized carbons (Fsp3) is 0.125. The number of ketones is 1. The first-order chi connectivity index (χ1) is 6.04. The van der Waals surface area contributed by atoms with Crippen LogP contribution in [0.2, 0.25) is 0 Å². The molecule has 0 spiro atoms. The van der Waals surface area contributed by atoms with Crippen LogP contribution in [0.15, 0.2) is 18.2 Å². The van der Waals surface area contributed by atoms with Crippen molar-refractivity contribution in [2.45, 2.75) is 6.43 Å². The number of halogens is 4. The molecule has 70 valence electrons. The van der Waals surface area contributed by atoms with Crippen molar-refractivity contribution in [3.63, 3.8) is 0 Å². The van der Waals surface area contributed by atoms with E-state index in [9.17, 15) is 18.0 Å². The van der Waals surface area contributed by atoms with Crippen molar-refractivity contribution in [1.82, 2.24) is 0 Å². The quantitative estimate of drug-likeness (QED) is 0.606. The number of hydrogen-bond donors (Lipinski definition) is 0. The topological polar surface area (TPSA) is 17.1 Å². The molecular weight excluding hydrogens is 296 g/mol.